The highest BCUT2D eigenvalue weighted by Crippen LogP contribution is 2.37. The van der Waals surface area contributed by atoms with Crippen LogP contribution in [0.15, 0.2) is 34.2 Å². The summed E-state index contributed by atoms with van der Waals surface area (Å²) < 4.78 is 1.95. The van der Waals surface area contributed by atoms with Gasteiger partial charge >= 0.3 is 0 Å². The van der Waals surface area contributed by atoms with E-state index >= 15 is 0 Å². The quantitative estimate of drug-likeness (QED) is 0.396. The van der Waals surface area contributed by atoms with Crippen molar-refractivity contribution in [2.75, 3.05) is 17.2 Å². The number of nitrogens with zero attached hydrogens (tertiary/aromatic N) is 3. The Balaban J connectivity index is 1.35. The van der Waals surface area contributed by atoms with Gasteiger partial charge in [-0.15, -0.1) is 11.3 Å². The molecule has 32 heavy (non-hydrogen) atoms. The van der Waals surface area contributed by atoms with Gasteiger partial charge in [0.1, 0.15) is 4.83 Å². The lowest BCUT2D eigenvalue weighted by atomic mass is 9.97. The Morgan fingerprint density at radius 2 is 1.91 bits per heavy atom. The number of rotatable bonds is 4. The lowest BCUT2D eigenvalue weighted by molar-refractivity contribution is -0.116. The molecule has 3 heterocycles. The van der Waals surface area contributed by atoms with E-state index in [1.165, 1.54) is 34.2 Å². The second-order valence-corrected chi connectivity index (χ2v) is 11.1. The van der Waals surface area contributed by atoms with Gasteiger partial charge in [-0.05, 0) is 62.1 Å². The van der Waals surface area contributed by atoms with Gasteiger partial charge in [0, 0.05) is 23.2 Å². The van der Waals surface area contributed by atoms with E-state index in [-0.39, 0.29) is 17.5 Å². The van der Waals surface area contributed by atoms with Crippen molar-refractivity contribution in [3.05, 3.63) is 50.6 Å². The van der Waals surface area contributed by atoms with Crippen molar-refractivity contribution in [3.8, 4) is 0 Å². The Labute approximate surface area is 195 Å². The fraction of sp³-hybridized carbons (Fsp3) is 0.480. The summed E-state index contributed by atoms with van der Waals surface area (Å²) in [6.07, 6.45) is 9.69. The predicted molar refractivity (Wildman–Crippen MR) is 131 cm³/mol. The Hall–Kier alpha value is -2.12. The zero-order valence-electron chi connectivity index (χ0n) is 18.1. The third-order valence-corrected chi connectivity index (χ3v) is 9.31. The van der Waals surface area contributed by atoms with Crippen LogP contribution in [0.4, 0.5) is 5.69 Å². The maximum Gasteiger partial charge on any atom is 0.263 e. The van der Waals surface area contributed by atoms with E-state index in [1.807, 2.05) is 27.7 Å². The van der Waals surface area contributed by atoms with Crippen molar-refractivity contribution in [2.24, 2.45) is 0 Å². The summed E-state index contributed by atoms with van der Waals surface area (Å²) in [5, 5.41) is 1.59. The van der Waals surface area contributed by atoms with Gasteiger partial charge in [0.05, 0.1) is 11.1 Å². The molecule has 0 spiro atoms. The number of anilines is 1. The normalized spacial score (nSPS) is 18.3. The Bertz CT molecular complexity index is 1260. The molecule has 1 aromatic carbocycles. The average Bonchev–Trinajstić information content (AvgIpc) is 3.55. The molecule has 1 aliphatic heterocycles. The largest absolute Gasteiger partial charge is 0.311 e. The summed E-state index contributed by atoms with van der Waals surface area (Å²) in [4.78, 5) is 36.0. The molecule has 1 saturated carbocycles. The minimum absolute atomic E-state index is 0.0951. The van der Waals surface area contributed by atoms with Gasteiger partial charge < -0.3 is 4.90 Å². The number of thioether (sulfide) groups is 1. The van der Waals surface area contributed by atoms with Gasteiger partial charge in [0.25, 0.3) is 5.56 Å². The standard InChI is InChI=1S/C25H27N3O2S2/c29-21(27-14-13-16-7-1-5-11-19(16)27)15-31-25-26-23-22(18-10-4-6-12-20(18)32-23)24(30)28(25)17-8-2-3-9-17/h1,5,7,11,17H,2-4,6,8-10,12-15H2. The van der Waals surface area contributed by atoms with Gasteiger partial charge in [-0.3, -0.25) is 14.2 Å². The molecule has 0 radical (unpaired) electrons. The first-order chi connectivity index (χ1) is 15.7. The fourth-order valence-corrected chi connectivity index (χ4v) is 7.83. The van der Waals surface area contributed by atoms with Crippen molar-refractivity contribution in [1.82, 2.24) is 9.55 Å². The van der Waals surface area contributed by atoms with E-state index in [9.17, 15) is 9.59 Å². The van der Waals surface area contributed by atoms with Gasteiger partial charge in [0.15, 0.2) is 5.16 Å². The van der Waals surface area contributed by atoms with Crippen LogP contribution >= 0.6 is 23.1 Å². The first-order valence-corrected chi connectivity index (χ1v) is 13.6. The van der Waals surface area contributed by atoms with Gasteiger partial charge in [-0.25, -0.2) is 4.98 Å². The summed E-state index contributed by atoms with van der Waals surface area (Å²) in [6.45, 7) is 0.734. The third-order valence-electron chi connectivity index (χ3n) is 7.19. The molecule has 1 fully saturated rings. The van der Waals surface area contributed by atoms with Crippen molar-refractivity contribution >= 4 is 44.9 Å². The number of aromatic nitrogens is 2. The summed E-state index contributed by atoms with van der Waals surface area (Å²) in [5.74, 6) is 0.405. The van der Waals surface area contributed by atoms with Gasteiger partial charge in [0.2, 0.25) is 5.91 Å². The average molecular weight is 466 g/mol. The number of thiophene rings is 1. The summed E-state index contributed by atoms with van der Waals surface area (Å²) >= 11 is 3.14. The highest BCUT2D eigenvalue weighted by atomic mass is 32.2. The predicted octanol–water partition coefficient (Wildman–Crippen LogP) is 5.13. The molecule has 0 unspecified atom stereocenters. The number of carbonyl (C=O) groups excluding carboxylic acids is 1. The molecule has 2 aliphatic carbocycles. The molecule has 0 N–H and O–H groups in total. The molecule has 0 bridgehead atoms. The summed E-state index contributed by atoms with van der Waals surface area (Å²) in [6, 6.07) is 8.36. The van der Waals surface area contributed by atoms with Crippen LogP contribution in [0.25, 0.3) is 10.2 Å². The number of amides is 1. The lowest BCUT2D eigenvalue weighted by Crippen LogP contribution is -2.31. The van der Waals surface area contributed by atoms with Crippen LogP contribution in [-0.4, -0.2) is 27.8 Å². The number of hydrogen-bond acceptors (Lipinski definition) is 5. The highest BCUT2D eigenvalue weighted by molar-refractivity contribution is 7.99. The van der Waals surface area contributed by atoms with Crippen molar-refractivity contribution in [2.45, 2.75) is 69.0 Å². The molecule has 6 rings (SSSR count). The monoisotopic (exact) mass is 465 g/mol. The van der Waals surface area contributed by atoms with Gasteiger partial charge in [-0.2, -0.15) is 0 Å². The van der Waals surface area contributed by atoms with E-state index in [2.05, 4.69) is 6.07 Å². The van der Waals surface area contributed by atoms with Gasteiger partial charge in [-0.1, -0.05) is 42.8 Å². The number of fused-ring (bicyclic) bond motifs is 4. The fourth-order valence-electron chi connectivity index (χ4n) is 5.59. The lowest BCUT2D eigenvalue weighted by Gasteiger charge is -2.20. The molecular weight excluding hydrogens is 438 g/mol. The number of benzene rings is 1. The van der Waals surface area contributed by atoms with Crippen LogP contribution in [-0.2, 0) is 24.1 Å². The van der Waals surface area contributed by atoms with E-state index in [0.29, 0.717) is 5.75 Å². The zero-order valence-corrected chi connectivity index (χ0v) is 19.8. The molecule has 7 heteroatoms. The zero-order chi connectivity index (χ0) is 21.7. The molecule has 3 aliphatic rings. The van der Waals surface area contributed by atoms with Crippen LogP contribution in [0, 0.1) is 0 Å². The molecular formula is C25H27N3O2S2. The van der Waals surface area contributed by atoms with Crippen LogP contribution < -0.4 is 10.5 Å². The first kappa shape index (κ1) is 20.5. The Morgan fingerprint density at radius 1 is 1.09 bits per heavy atom. The molecule has 0 saturated heterocycles. The molecule has 1 amide bonds. The molecule has 0 atom stereocenters. The Kier molecular flexibility index (Phi) is 5.34. The van der Waals surface area contributed by atoms with Crippen LogP contribution in [0.1, 0.15) is 60.6 Å². The first-order valence-electron chi connectivity index (χ1n) is 11.8. The van der Waals surface area contributed by atoms with E-state index in [1.54, 1.807) is 11.3 Å². The number of aryl methyl sites for hydroxylation is 2. The van der Waals surface area contributed by atoms with E-state index in [4.69, 9.17) is 4.98 Å². The second kappa shape index (κ2) is 8.34. The maximum atomic E-state index is 13.8. The third kappa shape index (κ3) is 3.41. The molecule has 5 nitrogen and oxygen atoms in total. The van der Waals surface area contributed by atoms with Crippen LogP contribution in [0.5, 0.6) is 0 Å². The highest BCUT2D eigenvalue weighted by Gasteiger charge is 2.29. The van der Waals surface area contributed by atoms with Crippen LogP contribution in [0.2, 0.25) is 0 Å². The number of carbonyl (C=O) groups is 1. The van der Waals surface area contributed by atoms with E-state index < -0.39 is 0 Å². The number of hydrogen-bond donors (Lipinski definition) is 0. The Morgan fingerprint density at radius 3 is 2.78 bits per heavy atom. The van der Waals surface area contributed by atoms with Crippen molar-refractivity contribution in [1.29, 1.82) is 0 Å². The minimum atomic E-state index is 0.0951. The minimum Gasteiger partial charge on any atom is -0.311 e. The smallest absolute Gasteiger partial charge is 0.263 e. The second-order valence-electron chi connectivity index (χ2n) is 9.11. The van der Waals surface area contributed by atoms with Crippen molar-refractivity contribution in [3.63, 3.8) is 0 Å². The molecule has 3 aromatic rings. The van der Waals surface area contributed by atoms with Crippen LogP contribution in [0.3, 0.4) is 0 Å². The summed E-state index contributed by atoms with van der Waals surface area (Å²) in [5.41, 5.74) is 3.64. The number of para-hydroxylation sites is 1. The topological polar surface area (TPSA) is 55.2 Å². The summed E-state index contributed by atoms with van der Waals surface area (Å²) in [7, 11) is 0. The molecule has 166 valence electrons. The maximum absolute atomic E-state index is 13.8. The van der Waals surface area contributed by atoms with Crippen molar-refractivity contribution < 1.29 is 4.79 Å². The molecule has 2 aromatic heterocycles. The SMILES string of the molecule is O=C(CSc1nc2sc3c(c2c(=O)n1C1CCCC1)CCCC3)N1CCc2ccccc21. The van der Waals surface area contributed by atoms with E-state index in [0.717, 1.165) is 79.0 Å².